The molecular weight excluding hydrogens is 234 g/mol. The number of hydrogen-bond donors (Lipinski definition) is 0. The van der Waals surface area contributed by atoms with Crippen molar-refractivity contribution in [2.45, 2.75) is 20.3 Å². The molecule has 1 heterocycles. The zero-order chi connectivity index (χ0) is 13.3. The Morgan fingerprint density at radius 1 is 1.44 bits per heavy atom. The Bertz CT molecular complexity index is 537. The summed E-state index contributed by atoms with van der Waals surface area (Å²) in [6.07, 6.45) is 0.278. The molecule has 0 aliphatic carbocycles. The summed E-state index contributed by atoms with van der Waals surface area (Å²) in [5.41, 5.74) is 1.19. The second-order valence-electron chi connectivity index (χ2n) is 4.41. The fraction of sp³-hybridized carbons (Fsp3) is 0.333. The number of hydrogen-bond acceptors (Lipinski definition) is 4. The molecule has 94 valence electrons. The number of hydrazone groups is 1. The molecule has 1 aromatic carbocycles. The van der Waals surface area contributed by atoms with Crippen molar-refractivity contribution in [3.8, 4) is 0 Å². The van der Waals surface area contributed by atoms with E-state index in [-0.39, 0.29) is 23.9 Å². The molecule has 0 saturated carbocycles. The fourth-order valence-electron chi connectivity index (χ4n) is 1.71. The smallest absolute Gasteiger partial charge is 0.271 e. The molecule has 0 fully saturated rings. The Morgan fingerprint density at radius 2 is 2.17 bits per heavy atom. The lowest BCUT2D eigenvalue weighted by atomic mass is 10.1. The van der Waals surface area contributed by atoms with Crippen molar-refractivity contribution in [3.05, 3.63) is 34.4 Å². The molecule has 1 aromatic rings. The van der Waals surface area contributed by atoms with Gasteiger partial charge in [0.05, 0.1) is 22.7 Å². The van der Waals surface area contributed by atoms with Gasteiger partial charge in [0.1, 0.15) is 0 Å². The monoisotopic (exact) mass is 247 g/mol. The van der Waals surface area contributed by atoms with Crippen molar-refractivity contribution in [2.24, 2.45) is 11.0 Å². The van der Waals surface area contributed by atoms with Crippen LogP contribution < -0.4 is 5.01 Å². The average Bonchev–Trinajstić information content (AvgIpc) is 2.72. The van der Waals surface area contributed by atoms with Gasteiger partial charge in [0.2, 0.25) is 0 Å². The van der Waals surface area contributed by atoms with Gasteiger partial charge in [-0.25, -0.2) is 5.01 Å². The number of carbonyl (C=O) groups is 1. The largest absolute Gasteiger partial charge is 0.272 e. The predicted molar refractivity (Wildman–Crippen MR) is 67.5 cm³/mol. The van der Waals surface area contributed by atoms with E-state index in [1.165, 1.54) is 17.1 Å². The molecule has 1 aliphatic rings. The van der Waals surface area contributed by atoms with Crippen molar-refractivity contribution in [1.29, 1.82) is 0 Å². The molecule has 1 amide bonds. The van der Waals surface area contributed by atoms with Gasteiger partial charge in [-0.2, -0.15) is 5.10 Å². The highest BCUT2D eigenvalue weighted by Crippen LogP contribution is 2.25. The van der Waals surface area contributed by atoms with E-state index in [0.717, 1.165) is 5.71 Å². The third-order valence-electron chi connectivity index (χ3n) is 2.75. The minimum absolute atomic E-state index is 0.0477. The highest BCUT2D eigenvalue weighted by Gasteiger charge is 2.27. The second-order valence-corrected chi connectivity index (χ2v) is 4.41. The zero-order valence-corrected chi connectivity index (χ0v) is 10.2. The van der Waals surface area contributed by atoms with E-state index < -0.39 is 4.92 Å². The first-order chi connectivity index (χ1) is 8.49. The first-order valence-corrected chi connectivity index (χ1v) is 5.64. The second kappa shape index (κ2) is 4.56. The van der Waals surface area contributed by atoms with Gasteiger partial charge in [-0.1, -0.05) is 19.9 Å². The maximum absolute atomic E-state index is 11.8. The number of nitrogens with zero attached hydrogens (tertiary/aromatic N) is 3. The van der Waals surface area contributed by atoms with E-state index in [0.29, 0.717) is 5.69 Å². The quantitative estimate of drug-likeness (QED) is 0.607. The molecule has 0 N–H and O–H groups in total. The summed E-state index contributed by atoms with van der Waals surface area (Å²) < 4.78 is 0. The van der Waals surface area contributed by atoms with Crippen LogP contribution in [0.15, 0.2) is 29.4 Å². The topological polar surface area (TPSA) is 75.8 Å². The lowest BCUT2D eigenvalue weighted by molar-refractivity contribution is -0.384. The van der Waals surface area contributed by atoms with Crippen molar-refractivity contribution >= 4 is 23.0 Å². The Morgan fingerprint density at radius 3 is 2.72 bits per heavy atom. The van der Waals surface area contributed by atoms with Gasteiger partial charge in [0, 0.05) is 12.1 Å². The Balaban J connectivity index is 2.34. The van der Waals surface area contributed by atoms with Crippen LogP contribution in [0, 0.1) is 16.0 Å². The molecule has 1 aliphatic heterocycles. The van der Waals surface area contributed by atoms with Crippen molar-refractivity contribution in [3.63, 3.8) is 0 Å². The van der Waals surface area contributed by atoms with E-state index in [2.05, 4.69) is 5.10 Å². The van der Waals surface area contributed by atoms with Crippen LogP contribution in [-0.4, -0.2) is 16.5 Å². The van der Waals surface area contributed by atoms with Crippen molar-refractivity contribution in [1.82, 2.24) is 0 Å². The van der Waals surface area contributed by atoms with E-state index in [4.69, 9.17) is 0 Å². The summed E-state index contributed by atoms with van der Waals surface area (Å²) in [6, 6.07) is 5.92. The van der Waals surface area contributed by atoms with Gasteiger partial charge in [-0.15, -0.1) is 0 Å². The molecule has 0 saturated heterocycles. The molecular formula is C12H13N3O3. The molecule has 2 rings (SSSR count). The maximum Gasteiger partial charge on any atom is 0.271 e. The molecule has 0 spiro atoms. The number of non-ortho nitro benzene ring substituents is 1. The molecule has 0 radical (unpaired) electrons. The van der Waals surface area contributed by atoms with Crippen LogP contribution in [0.4, 0.5) is 11.4 Å². The summed E-state index contributed by atoms with van der Waals surface area (Å²) in [5.74, 6) is 0.0387. The maximum atomic E-state index is 11.8. The lowest BCUT2D eigenvalue weighted by Gasteiger charge is -2.10. The SMILES string of the molecule is CC(C)C1=NN(c2cccc([N+](=O)[O-])c2)C(=O)C1. The Kier molecular flexibility index (Phi) is 3.10. The summed E-state index contributed by atoms with van der Waals surface area (Å²) in [7, 11) is 0. The van der Waals surface area contributed by atoms with Gasteiger partial charge >= 0.3 is 0 Å². The molecule has 18 heavy (non-hydrogen) atoms. The van der Waals surface area contributed by atoms with Gasteiger partial charge in [0.15, 0.2) is 0 Å². The molecule has 6 heteroatoms. The molecule has 6 nitrogen and oxygen atoms in total. The highest BCUT2D eigenvalue weighted by atomic mass is 16.6. The van der Waals surface area contributed by atoms with Crippen LogP contribution in [0.25, 0.3) is 0 Å². The zero-order valence-electron chi connectivity index (χ0n) is 10.2. The fourth-order valence-corrected chi connectivity index (χ4v) is 1.71. The first kappa shape index (κ1) is 12.2. The van der Waals surface area contributed by atoms with Crippen LogP contribution in [0.1, 0.15) is 20.3 Å². The molecule has 0 unspecified atom stereocenters. The Hall–Kier alpha value is -2.24. The lowest BCUT2D eigenvalue weighted by Crippen LogP contribution is -2.19. The van der Waals surface area contributed by atoms with Gasteiger partial charge in [-0.3, -0.25) is 14.9 Å². The number of nitro benzene ring substituents is 1. The normalized spacial score (nSPS) is 15.2. The Labute approximate surface area is 104 Å². The molecule has 0 aromatic heterocycles. The van der Waals surface area contributed by atoms with Crippen LogP contribution in [0.3, 0.4) is 0 Å². The number of anilines is 1. The molecule has 0 atom stereocenters. The molecule has 0 bridgehead atoms. The predicted octanol–water partition coefficient (Wildman–Crippen LogP) is 2.34. The summed E-state index contributed by atoms with van der Waals surface area (Å²) in [5, 5.41) is 16.1. The summed E-state index contributed by atoms with van der Waals surface area (Å²) in [6.45, 7) is 3.92. The number of rotatable bonds is 3. The van der Waals surface area contributed by atoms with Gasteiger partial charge in [-0.05, 0) is 12.0 Å². The number of carbonyl (C=O) groups excluding carboxylic acids is 1. The van der Waals surface area contributed by atoms with Gasteiger partial charge in [0.25, 0.3) is 11.6 Å². The number of amides is 1. The third-order valence-corrected chi connectivity index (χ3v) is 2.75. The number of benzene rings is 1. The minimum atomic E-state index is -0.489. The minimum Gasteiger partial charge on any atom is -0.272 e. The summed E-state index contributed by atoms with van der Waals surface area (Å²) >= 11 is 0. The average molecular weight is 247 g/mol. The van der Waals surface area contributed by atoms with Crippen LogP contribution in [0.2, 0.25) is 0 Å². The van der Waals surface area contributed by atoms with Crippen molar-refractivity contribution in [2.75, 3.05) is 5.01 Å². The third kappa shape index (κ3) is 2.22. The van der Waals surface area contributed by atoms with Crippen LogP contribution in [-0.2, 0) is 4.79 Å². The standard InChI is InChI=1S/C12H13N3O3/c1-8(2)11-7-12(16)14(13-11)9-4-3-5-10(6-9)15(17)18/h3-6,8H,7H2,1-2H3. The summed E-state index contributed by atoms with van der Waals surface area (Å²) in [4.78, 5) is 22.0. The van der Waals surface area contributed by atoms with Crippen LogP contribution >= 0.6 is 0 Å². The first-order valence-electron chi connectivity index (χ1n) is 5.64. The van der Waals surface area contributed by atoms with E-state index >= 15 is 0 Å². The van der Waals surface area contributed by atoms with E-state index in [9.17, 15) is 14.9 Å². The van der Waals surface area contributed by atoms with Gasteiger partial charge < -0.3 is 0 Å². The van der Waals surface area contributed by atoms with E-state index in [1.54, 1.807) is 12.1 Å². The van der Waals surface area contributed by atoms with E-state index in [1.807, 2.05) is 13.8 Å². The van der Waals surface area contributed by atoms with Crippen LogP contribution in [0.5, 0.6) is 0 Å². The van der Waals surface area contributed by atoms with Crippen molar-refractivity contribution < 1.29 is 9.72 Å². The number of nitro groups is 1. The highest BCUT2D eigenvalue weighted by molar-refractivity contribution is 6.13.